The SMILES string of the molecule is Cc1c(F)cc(Br)c(C(=O)c2c(Br)cc(F)c(C)c2Cl)c1Cl. The molecule has 0 unspecified atom stereocenters. The van der Waals surface area contributed by atoms with Crippen molar-refractivity contribution in [1.82, 2.24) is 0 Å². The van der Waals surface area contributed by atoms with Gasteiger partial charge in [0.05, 0.1) is 21.2 Å². The number of rotatable bonds is 2. The highest BCUT2D eigenvalue weighted by molar-refractivity contribution is 9.11. The number of ketones is 1. The average Bonchev–Trinajstić information content (AvgIpc) is 2.42. The molecule has 2 rings (SSSR count). The maximum absolute atomic E-state index is 13.7. The van der Waals surface area contributed by atoms with E-state index in [0.717, 1.165) is 12.1 Å². The molecule has 116 valence electrons. The molecule has 0 saturated carbocycles. The molecule has 22 heavy (non-hydrogen) atoms. The molecule has 0 aliphatic heterocycles. The first-order valence-corrected chi connectivity index (χ1v) is 8.33. The first-order valence-electron chi connectivity index (χ1n) is 5.99. The fourth-order valence-corrected chi connectivity index (χ4v) is 3.86. The van der Waals surface area contributed by atoms with Gasteiger partial charge in [0.15, 0.2) is 5.78 Å². The molecule has 0 N–H and O–H groups in total. The van der Waals surface area contributed by atoms with Crippen LogP contribution in [0.4, 0.5) is 8.78 Å². The summed E-state index contributed by atoms with van der Waals surface area (Å²) in [5.74, 6) is -1.59. The third kappa shape index (κ3) is 2.96. The van der Waals surface area contributed by atoms with Crippen molar-refractivity contribution < 1.29 is 13.6 Å². The van der Waals surface area contributed by atoms with Crippen LogP contribution in [-0.2, 0) is 0 Å². The molecular weight excluding hydrogens is 465 g/mol. The molecule has 0 amide bonds. The zero-order valence-corrected chi connectivity index (χ0v) is 16.0. The van der Waals surface area contributed by atoms with Crippen molar-refractivity contribution >= 4 is 60.8 Å². The van der Waals surface area contributed by atoms with Crippen LogP contribution in [0.3, 0.4) is 0 Å². The van der Waals surface area contributed by atoms with Crippen LogP contribution in [0.25, 0.3) is 0 Å². The summed E-state index contributed by atoms with van der Waals surface area (Å²) in [7, 11) is 0. The second-order valence-corrected chi connectivity index (χ2v) is 7.10. The van der Waals surface area contributed by atoms with Gasteiger partial charge in [-0.05, 0) is 57.8 Å². The van der Waals surface area contributed by atoms with Gasteiger partial charge >= 0.3 is 0 Å². The van der Waals surface area contributed by atoms with Crippen molar-refractivity contribution in [2.75, 3.05) is 0 Å². The first kappa shape index (κ1) is 17.9. The molecule has 0 bridgehead atoms. The van der Waals surface area contributed by atoms with Crippen LogP contribution in [0.15, 0.2) is 21.1 Å². The van der Waals surface area contributed by atoms with Crippen LogP contribution >= 0.6 is 55.1 Å². The van der Waals surface area contributed by atoms with Gasteiger partial charge in [-0.25, -0.2) is 8.78 Å². The molecule has 0 spiro atoms. The first-order chi connectivity index (χ1) is 10.2. The molecule has 7 heteroatoms. The van der Waals surface area contributed by atoms with Crippen LogP contribution in [0.1, 0.15) is 27.0 Å². The van der Waals surface area contributed by atoms with Crippen LogP contribution in [0.2, 0.25) is 10.0 Å². The summed E-state index contributed by atoms with van der Waals surface area (Å²) in [6.45, 7) is 2.93. The Morgan fingerprint density at radius 3 is 1.55 bits per heavy atom. The molecule has 0 saturated heterocycles. The van der Waals surface area contributed by atoms with Crippen molar-refractivity contribution in [2.24, 2.45) is 0 Å². The third-order valence-electron chi connectivity index (χ3n) is 3.25. The van der Waals surface area contributed by atoms with E-state index in [0.29, 0.717) is 0 Å². The predicted molar refractivity (Wildman–Crippen MR) is 91.1 cm³/mol. The minimum absolute atomic E-state index is 0.0122. The molecule has 2 aromatic rings. The van der Waals surface area contributed by atoms with E-state index in [-0.39, 0.29) is 41.2 Å². The second kappa shape index (κ2) is 6.56. The largest absolute Gasteiger partial charge is 0.288 e. The Bertz CT molecular complexity index is 742. The van der Waals surface area contributed by atoms with Gasteiger partial charge in [0, 0.05) is 20.1 Å². The molecule has 0 heterocycles. The van der Waals surface area contributed by atoms with Crippen LogP contribution in [0.5, 0.6) is 0 Å². The van der Waals surface area contributed by atoms with Crippen LogP contribution < -0.4 is 0 Å². The smallest absolute Gasteiger partial charge is 0.198 e. The minimum Gasteiger partial charge on any atom is -0.288 e. The Labute approximate surface area is 152 Å². The maximum Gasteiger partial charge on any atom is 0.198 e. The fourth-order valence-electron chi connectivity index (χ4n) is 1.92. The highest BCUT2D eigenvalue weighted by Crippen LogP contribution is 2.37. The van der Waals surface area contributed by atoms with Crippen molar-refractivity contribution in [3.05, 3.63) is 65.0 Å². The second-order valence-electron chi connectivity index (χ2n) is 4.64. The van der Waals surface area contributed by atoms with Crippen molar-refractivity contribution in [1.29, 1.82) is 0 Å². The summed E-state index contributed by atoms with van der Waals surface area (Å²) in [5, 5.41) is -0.0244. The summed E-state index contributed by atoms with van der Waals surface area (Å²) in [4.78, 5) is 12.8. The van der Waals surface area contributed by atoms with Gasteiger partial charge in [-0.3, -0.25) is 4.79 Å². The zero-order valence-electron chi connectivity index (χ0n) is 11.3. The minimum atomic E-state index is -0.533. The summed E-state index contributed by atoms with van der Waals surface area (Å²) < 4.78 is 27.7. The predicted octanol–water partition coefficient (Wildman–Crippen LogP) is 6.64. The third-order valence-corrected chi connectivity index (χ3v) is 5.45. The number of benzene rings is 2. The Kier molecular flexibility index (Phi) is 5.32. The van der Waals surface area contributed by atoms with E-state index in [2.05, 4.69) is 31.9 Å². The van der Waals surface area contributed by atoms with Gasteiger partial charge in [-0.1, -0.05) is 23.2 Å². The quantitative estimate of drug-likeness (QED) is 0.447. The lowest BCUT2D eigenvalue weighted by molar-refractivity contribution is 0.103. The summed E-state index contributed by atoms with van der Waals surface area (Å²) in [6, 6.07) is 2.32. The fraction of sp³-hybridized carbons (Fsp3) is 0.133. The van der Waals surface area contributed by atoms with E-state index in [9.17, 15) is 13.6 Å². The van der Waals surface area contributed by atoms with E-state index < -0.39 is 17.4 Å². The van der Waals surface area contributed by atoms with Gasteiger partial charge < -0.3 is 0 Å². The van der Waals surface area contributed by atoms with E-state index in [1.165, 1.54) is 13.8 Å². The van der Waals surface area contributed by atoms with Crippen LogP contribution in [-0.4, -0.2) is 5.78 Å². The highest BCUT2D eigenvalue weighted by Gasteiger charge is 2.25. The molecule has 0 aliphatic carbocycles. The summed E-state index contributed by atoms with van der Waals surface area (Å²) in [5.41, 5.74) is 0.460. The molecular formula is C15H8Br2Cl2F2O. The van der Waals surface area contributed by atoms with Crippen molar-refractivity contribution in [3.63, 3.8) is 0 Å². The molecule has 0 radical (unpaired) electrons. The number of halogens is 6. The maximum atomic E-state index is 13.7. The lowest BCUT2D eigenvalue weighted by atomic mass is 9.99. The Balaban J connectivity index is 2.75. The summed E-state index contributed by atoms with van der Waals surface area (Å²) in [6.07, 6.45) is 0. The molecule has 2 aromatic carbocycles. The van der Waals surface area contributed by atoms with Gasteiger partial charge in [-0.15, -0.1) is 0 Å². The van der Waals surface area contributed by atoms with E-state index in [1.54, 1.807) is 0 Å². The molecule has 0 aromatic heterocycles. The summed E-state index contributed by atoms with van der Waals surface area (Å²) >= 11 is 18.5. The Morgan fingerprint density at radius 1 is 0.909 bits per heavy atom. The molecule has 0 fully saturated rings. The molecule has 0 aliphatic rings. The lowest BCUT2D eigenvalue weighted by Crippen LogP contribution is -2.09. The monoisotopic (exact) mass is 470 g/mol. The average molecular weight is 473 g/mol. The van der Waals surface area contributed by atoms with Gasteiger partial charge in [0.1, 0.15) is 11.6 Å². The number of carbonyl (C=O) groups excluding carboxylic acids is 1. The number of carbonyl (C=O) groups is 1. The molecule has 0 atom stereocenters. The van der Waals surface area contributed by atoms with Gasteiger partial charge in [-0.2, -0.15) is 0 Å². The molecule has 1 nitrogen and oxygen atoms in total. The number of hydrogen-bond donors (Lipinski definition) is 0. The standard InChI is InChI=1S/C15H8Br2Cl2F2O/c1-5-9(20)3-7(16)11(13(5)18)15(22)12-8(17)4-10(21)6(2)14(12)19/h3-4H,1-2H3. The van der Waals surface area contributed by atoms with E-state index in [4.69, 9.17) is 23.2 Å². The zero-order chi connectivity index (χ0) is 16.8. The Hall–Kier alpha value is -0.490. The number of hydrogen-bond acceptors (Lipinski definition) is 1. The highest BCUT2D eigenvalue weighted by atomic mass is 79.9. The van der Waals surface area contributed by atoms with Gasteiger partial charge in [0.2, 0.25) is 0 Å². The topological polar surface area (TPSA) is 17.1 Å². The van der Waals surface area contributed by atoms with E-state index >= 15 is 0 Å². The van der Waals surface area contributed by atoms with Gasteiger partial charge in [0.25, 0.3) is 0 Å². The Morgan fingerprint density at radius 2 is 1.23 bits per heavy atom. The normalized spacial score (nSPS) is 10.9. The van der Waals surface area contributed by atoms with Crippen LogP contribution in [0, 0.1) is 25.5 Å². The van der Waals surface area contributed by atoms with E-state index in [1.807, 2.05) is 0 Å². The lowest BCUT2D eigenvalue weighted by Gasteiger charge is -2.13. The van der Waals surface area contributed by atoms with Crippen molar-refractivity contribution in [2.45, 2.75) is 13.8 Å². The van der Waals surface area contributed by atoms with Crippen molar-refractivity contribution in [3.8, 4) is 0 Å².